The molecule has 214 valence electrons. The summed E-state index contributed by atoms with van der Waals surface area (Å²) in [7, 11) is 1.64. The van der Waals surface area contributed by atoms with Gasteiger partial charge in [-0.15, -0.1) is 11.3 Å². The molecule has 0 saturated carbocycles. The van der Waals surface area contributed by atoms with E-state index in [2.05, 4.69) is 31.3 Å². The van der Waals surface area contributed by atoms with E-state index in [1.165, 1.54) is 11.3 Å². The van der Waals surface area contributed by atoms with Crippen LogP contribution in [0.25, 0.3) is 27.5 Å². The van der Waals surface area contributed by atoms with Crippen molar-refractivity contribution in [2.45, 2.75) is 33.1 Å². The van der Waals surface area contributed by atoms with E-state index in [1.807, 2.05) is 40.6 Å². The summed E-state index contributed by atoms with van der Waals surface area (Å²) >= 11 is 7.50. The Bertz CT molecular complexity index is 1570. The number of thiazole rings is 1. The number of methoxy groups -OCH3 is 1. The molecule has 2 aromatic heterocycles. The average Bonchev–Trinajstić information content (AvgIpc) is 3.50. The number of pyridine rings is 1. The number of ether oxygens (including phenoxy) is 1. The number of aromatic nitrogens is 2. The molecule has 1 amide bonds. The molecule has 0 bridgehead atoms. The molecule has 1 aliphatic heterocycles. The molecule has 1 saturated heterocycles. The topological polar surface area (TPSA) is 76.5 Å². The zero-order valence-electron chi connectivity index (χ0n) is 23.7. The van der Waals surface area contributed by atoms with E-state index in [-0.39, 0.29) is 11.5 Å². The number of hydrogen-bond donors (Lipinski definition) is 1. The standard InChI is InChI=1S/C32H35ClN4O3S/c1-4-21-7-6-8-22(5-2)29(21)37-28(13-18-40-3)25(31(38)36-16-14-34-15-17-36)19-26(32(37)39)30-35-27(20-41-30)23-9-11-24(33)12-10-23/h6-12,19-20,34H,4-5,13-18H2,1-3H3. The summed E-state index contributed by atoms with van der Waals surface area (Å²) in [6.07, 6.45) is 1.93. The lowest BCUT2D eigenvalue weighted by Crippen LogP contribution is -2.47. The Morgan fingerprint density at radius 3 is 2.39 bits per heavy atom. The predicted molar refractivity (Wildman–Crippen MR) is 167 cm³/mol. The number of carbonyl (C=O) groups is 1. The van der Waals surface area contributed by atoms with Crippen molar-refractivity contribution in [3.63, 3.8) is 0 Å². The Labute approximate surface area is 249 Å². The Balaban J connectivity index is 1.78. The molecule has 0 atom stereocenters. The van der Waals surface area contributed by atoms with Crippen LogP contribution in [0.4, 0.5) is 0 Å². The smallest absolute Gasteiger partial charge is 0.265 e. The summed E-state index contributed by atoms with van der Waals surface area (Å²) in [6, 6.07) is 15.4. The minimum absolute atomic E-state index is 0.0749. The fourth-order valence-electron chi connectivity index (χ4n) is 5.36. The van der Waals surface area contributed by atoms with Crippen LogP contribution in [0, 0.1) is 0 Å². The second kappa shape index (κ2) is 13.1. The monoisotopic (exact) mass is 590 g/mol. The van der Waals surface area contributed by atoms with Crippen LogP contribution in [0.15, 0.2) is 58.7 Å². The maximum absolute atomic E-state index is 14.6. The number of hydrogen-bond acceptors (Lipinski definition) is 6. The molecule has 1 N–H and O–H groups in total. The maximum Gasteiger partial charge on any atom is 0.265 e. The largest absolute Gasteiger partial charge is 0.384 e. The molecular weight excluding hydrogens is 556 g/mol. The summed E-state index contributed by atoms with van der Waals surface area (Å²) in [5.74, 6) is -0.0749. The molecule has 3 heterocycles. The van der Waals surface area contributed by atoms with Crippen molar-refractivity contribution in [3.05, 3.63) is 91.7 Å². The first kappa shape index (κ1) is 29.2. The van der Waals surface area contributed by atoms with Crippen LogP contribution in [-0.4, -0.2) is 60.3 Å². The van der Waals surface area contributed by atoms with Crippen molar-refractivity contribution >= 4 is 28.8 Å². The van der Waals surface area contributed by atoms with Gasteiger partial charge in [0.1, 0.15) is 5.01 Å². The summed E-state index contributed by atoms with van der Waals surface area (Å²) < 4.78 is 7.26. The van der Waals surface area contributed by atoms with E-state index < -0.39 is 0 Å². The first-order valence-corrected chi connectivity index (χ1v) is 15.3. The third-order valence-corrected chi connectivity index (χ3v) is 8.67. The molecule has 5 rings (SSSR count). The van der Waals surface area contributed by atoms with Gasteiger partial charge in [-0.05, 0) is 42.2 Å². The van der Waals surface area contributed by atoms with Crippen LogP contribution in [0.5, 0.6) is 0 Å². The van der Waals surface area contributed by atoms with Gasteiger partial charge in [-0.3, -0.25) is 14.2 Å². The second-order valence-electron chi connectivity index (χ2n) is 10.0. The maximum atomic E-state index is 14.6. The Hall–Kier alpha value is -3.30. The molecule has 1 aliphatic rings. The minimum Gasteiger partial charge on any atom is -0.384 e. The molecule has 41 heavy (non-hydrogen) atoms. The average molecular weight is 591 g/mol. The normalized spacial score (nSPS) is 13.5. The molecule has 7 nitrogen and oxygen atoms in total. The fourth-order valence-corrected chi connectivity index (χ4v) is 6.33. The number of para-hydroxylation sites is 1. The number of nitrogens with one attached hydrogen (secondary N) is 1. The summed E-state index contributed by atoms with van der Waals surface area (Å²) in [6.45, 7) is 7.26. The van der Waals surface area contributed by atoms with E-state index >= 15 is 0 Å². The third-order valence-electron chi connectivity index (χ3n) is 7.54. The molecule has 0 radical (unpaired) electrons. The van der Waals surface area contributed by atoms with E-state index in [4.69, 9.17) is 21.3 Å². The van der Waals surface area contributed by atoms with Crippen molar-refractivity contribution < 1.29 is 9.53 Å². The van der Waals surface area contributed by atoms with Gasteiger partial charge in [-0.2, -0.15) is 0 Å². The number of benzene rings is 2. The molecule has 0 spiro atoms. The van der Waals surface area contributed by atoms with Gasteiger partial charge in [0.25, 0.3) is 11.5 Å². The molecule has 0 unspecified atom stereocenters. The van der Waals surface area contributed by atoms with Crippen LogP contribution in [0.3, 0.4) is 0 Å². The SMILES string of the molecule is CCc1cccc(CC)c1-n1c(CCOC)c(C(=O)N2CCNCC2)cc(-c2nc(-c3ccc(Cl)cc3)cs2)c1=O. The van der Waals surface area contributed by atoms with Crippen molar-refractivity contribution in [2.24, 2.45) is 0 Å². The highest BCUT2D eigenvalue weighted by Gasteiger charge is 2.28. The van der Waals surface area contributed by atoms with Gasteiger partial charge in [-0.1, -0.05) is 55.8 Å². The quantitative estimate of drug-likeness (QED) is 0.273. The molecule has 4 aromatic rings. The van der Waals surface area contributed by atoms with Crippen LogP contribution in [0.1, 0.15) is 41.0 Å². The second-order valence-corrected chi connectivity index (χ2v) is 11.3. The molecule has 0 aliphatic carbocycles. The van der Waals surface area contributed by atoms with Crippen LogP contribution in [-0.2, 0) is 24.0 Å². The summed E-state index contributed by atoms with van der Waals surface area (Å²) in [4.78, 5) is 35.4. The highest BCUT2D eigenvalue weighted by atomic mass is 35.5. The first-order valence-electron chi connectivity index (χ1n) is 14.1. The summed E-state index contributed by atoms with van der Waals surface area (Å²) in [5.41, 5.74) is 6.09. The minimum atomic E-state index is -0.180. The Morgan fingerprint density at radius 2 is 1.76 bits per heavy atom. The molecule has 1 fully saturated rings. The van der Waals surface area contributed by atoms with Crippen molar-refractivity contribution in [1.29, 1.82) is 0 Å². The highest BCUT2D eigenvalue weighted by Crippen LogP contribution is 2.31. The number of carbonyl (C=O) groups excluding carboxylic acids is 1. The zero-order valence-corrected chi connectivity index (χ0v) is 25.3. The van der Waals surface area contributed by atoms with Gasteiger partial charge < -0.3 is 15.0 Å². The lowest BCUT2D eigenvalue weighted by molar-refractivity contribution is 0.0733. The Kier molecular flexibility index (Phi) is 9.35. The van der Waals surface area contributed by atoms with E-state index in [0.717, 1.165) is 54.0 Å². The van der Waals surface area contributed by atoms with E-state index in [9.17, 15) is 9.59 Å². The third kappa shape index (κ3) is 6.02. The van der Waals surface area contributed by atoms with Crippen LogP contribution >= 0.6 is 22.9 Å². The molecular formula is C32H35ClN4O3S. The lowest BCUT2D eigenvalue weighted by atomic mass is 9.99. The van der Waals surface area contributed by atoms with Gasteiger partial charge in [-0.25, -0.2) is 4.98 Å². The summed E-state index contributed by atoms with van der Waals surface area (Å²) in [5, 5.41) is 6.49. The van der Waals surface area contributed by atoms with E-state index in [1.54, 1.807) is 17.7 Å². The molecule has 9 heteroatoms. The van der Waals surface area contributed by atoms with Crippen molar-refractivity contribution in [1.82, 2.24) is 19.8 Å². The van der Waals surface area contributed by atoms with Gasteiger partial charge >= 0.3 is 0 Å². The van der Waals surface area contributed by atoms with Crippen LogP contribution < -0.4 is 10.9 Å². The lowest BCUT2D eigenvalue weighted by Gasteiger charge is -2.29. The number of amides is 1. The van der Waals surface area contributed by atoms with Gasteiger partial charge in [0.2, 0.25) is 0 Å². The molecule has 2 aromatic carbocycles. The number of halogens is 1. The first-order chi connectivity index (χ1) is 20.0. The number of nitrogens with zero attached hydrogens (tertiary/aromatic N) is 3. The Morgan fingerprint density at radius 1 is 1.07 bits per heavy atom. The van der Waals surface area contributed by atoms with Crippen molar-refractivity contribution in [2.75, 3.05) is 39.9 Å². The van der Waals surface area contributed by atoms with E-state index in [0.29, 0.717) is 53.0 Å². The van der Waals surface area contributed by atoms with Crippen LogP contribution in [0.2, 0.25) is 5.02 Å². The van der Waals surface area contributed by atoms with Gasteiger partial charge in [0.15, 0.2) is 0 Å². The number of rotatable bonds is 9. The van der Waals surface area contributed by atoms with Gasteiger partial charge in [0.05, 0.1) is 29.1 Å². The predicted octanol–water partition coefficient (Wildman–Crippen LogP) is 5.64. The van der Waals surface area contributed by atoms with Gasteiger partial charge in [0, 0.05) is 61.4 Å². The zero-order chi connectivity index (χ0) is 28.9. The highest BCUT2D eigenvalue weighted by molar-refractivity contribution is 7.13. The number of piperazine rings is 1. The van der Waals surface area contributed by atoms with Crippen molar-refractivity contribution in [3.8, 4) is 27.5 Å². The fraction of sp³-hybridized carbons (Fsp3) is 0.344. The number of aryl methyl sites for hydroxylation is 2.